The van der Waals surface area contributed by atoms with Gasteiger partial charge < -0.3 is 29.2 Å². The van der Waals surface area contributed by atoms with E-state index in [9.17, 15) is 24.0 Å². The van der Waals surface area contributed by atoms with Crippen LogP contribution in [0, 0.1) is 5.92 Å². The number of amides is 3. The summed E-state index contributed by atoms with van der Waals surface area (Å²) in [4.78, 5) is 72.0. The number of aromatic nitrogens is 3. The smallest absolute Gasteiger partial charge is 0.420 e. The van der Waals surface area contributed by atoms with E-state index >= 15 is 0 Å². The summed E-state index contributed by atoms with van der Waals surface area (Å²) in [5.74, 6) is -0.303. The zero-order valence-corrected chi connectivity index (χ0v) is 28.7. The first kappa shape index (κ1) is 36.5. The highest BCUT2D eigenvalue weighted by atomic mass is 16.6. The van der Waals surface area contributed by atoms with Gasteiger partial charge in [-0.05, 0) is 75.8 Å². The number of imidazole rings is 1. The molecule has 0 spiro atoms. The summed E-state index contributed by atoms with van der Waals surface area (Å²) in [7, 11) is 6.20. The highest BCUT2D eigenvalue weighted by Gasteiger charge is 2.26. The summed E-state index contributed by atoms with van der Waals surface area (Å²) >= 11 is 0. The van der Waals surface area contributed by atoms with Gasteiger partial charge in [0.25, 0.3) is 11.5 Å². The van der Waals surface area contributed by atoms with Crippen molar-refractivity contribution in [1.29, 1.82) is 0 Å². The summed E-state index contributed by atoms with van der Waals surface area (Å²) in [6.07, 6.45) is 2.96. The van der Waals surface area contributed by atoms with Crippen LogP contribution in [-0.2, 0) is 32.0 Å². The Kier molecular flexibility index (Phi) is 12.1. The molecule has 1 aromatic carbocycles. The number of para-hydroxylation sites is 1. The van der Waals surface area contributed by atoms with E-state index in [-0.39, 0.29) is 36.8 Å². The molecule has 0 unspecified atom stereocenters. The van der Waals surface area contributed by atoms with Gasteiger partial charge in [0.1, 0.15) is 17.1 Å². The van der Waals surface area contributed by atoms with E-state index in [1.165, 1.54) is 51.4 Å². The molecule has 0 radical (unpaired) electrons. The number of pyridine rings is 1. The van der Waals surface area contributed by atoms with Crippen molar-refractivity contribution in [1.82, 2.24) is 23.9 Å². The maximum atomic E-state index is 13.6. The second-order valence-electron chi connectivity index (χ2n) is 13.1. The number of carbonyl (C=O) groups excluding carboxylic acids is 4. The molecule has 0 aliphatic carbocycles. The number of nitrogens with zero attached hydrogens (tertiary/aromatic N) is 5. The summed E-state index contributed by atoms with van der Waals surface area (Å²) in [6.45, 7) is 9.41. The Hall–Kier alpha value is -4.94. The maximum Gasteiger partial charge on any atom is 0.420 e. The van der Waals surface area contributed by atoms with Crippen molar-refractivity contribution in [2.75, 3.05) is 33.5 Å². The van der Waals surface area contributed by atoms with Gasteiger partial charge in [-0.3, -0.25) is 14.4 Å². The Labute approximate surface area is 275 Å². The average Bonchev–Trinajstić information content (AvgIpc) is 3.34. The number of hydrogen-bond donors (Lipinski definition) is 1. The van der Waals surface area contributed by atoms with Gasteiger partial charge in [-0.1, -0.05) is 32.1 Å². The molecule has 0 fully saturated rings. The quantitative estimate of drug-likeness (QED) is 0.295. The van der Waals surface area contributed by atoms with Gasteiger partial charge >= 0.3 is 12.2 Å². The normalized spacial score (nSPS) is 12.3. The van der Waals surface area contributed by atoms with E-state index in [1.807, 2.05) is 12.1 Å². The fourth-order valence-corrected chi connectivity index (χ4v) is 4.60. The van der Waals surface area contributed by atoms with Gasteiger partial charge in [-0.2, -0.15) is 0 Å². The Morgan fingerprint density at radius 1 is 1.02 bits per heavy atom. The van der Waals surface area contributed by atoms with Crippen molar-refractivity contribution in [3.63, 3.8) is 0 Å². The molecule has 0 saturated heterocycles. The predicted octanol–water partition coefficient (Wildman–Crippen LogP) is 4.66. The van der Waals surface area contributed by atoms with Crippen molar-refractivity contribution in [2.45, 2.75) is 72.1 Å². The number of carbonyl (C=O) groups is 4. The van der Waals surface area contributed by atoms with Crippen molar-refractivity contribution < 1.29 is 28.7 Å². The minimum absolute atomic E-state index is 0.0536. The number of benzene rings is 1. The number of rotatable bonds is 11. The van der Waals surface area contributed by atoms with Gasteiger partial charge in [0.15, 0.2) is 6.10 Å². The standard InChI is InChI=1S/C34H46N6O7/c1-22(2)20-23-14-12-16-25-29(23)36-27(40(25)33(45)47-34(3,4)5)21-39-19-13-15-24(31(39)43)35-30(42)26(46-32(44)38(8)9)17-10-11-18-28(41)37(6)7/h11-16,18-19,22,26H,10,17,20-21H2,1-9H3,(H,35,42)/b18-11+/t26-/m0/s1. The average molecular weight is 651 g/mol. The van der Waals surface area contributed by atoms with Crippen LogP contribution in [0.1, 0.15) is 58.8 Å². The predicted molar refractivity (Wildman–Crippen MR) is 179 cm³/mol. The summed E-state index contributed by atoms with van der Waals surface area (Å²) < 4.78 is 13.8. The molecule has 1 N–H and O–H groups in total. The van der Waals surface area contributed by atoms with Gasteiger partial charge in [-0.25, -0.2) is 19.1 Å². The minimum Gasteiger partial charge on any atom is -0.443 e. The summed E-state index contributed by atoms with van der Waals surface area (Å²) in [5, 5.41) is 2.59. The minimum atomic E-state index is -1.24. The van der Waals surface area contributed by atoms with Gasteiger partial charge in [0.05, 0.1) is 17.6 Å². The second kappa shape index (κ2) is 15.6. The molecule has 254 valence electrons. The van der Waals surface area contributed by atoms with E-state index in [0.29, 0.717) is 17.0 Å². The van der Waals surface area contributed by atoms with E-state index in [1.54, 1.807) is 53.1 Å². The Bertz CT molecular complexity index is 1690. The van der Waals surface area contributed by atoms with Crippen LogP contribution in [0.5, 0.6) is 0 Å². The first-order valence-corrected chi connectivity index (χ1v) is 15.5. The van der Waals surface area contributed by atoms with E-state index in [2.05, 4.69) is 19.2 Å². The molecule has 3 rings (SSSR count). The second-order valence-corrected chi connectivity index (χ2v) is 13.1. The first-order valence-electron chi connectivity index (χ1n) is 15.5. The molecule has 47 heavy (non-hydrogen) atoms. The van der Waals surface area contributed by atoms with Crippen LogP contribution >= 0.6 is 0 Å². The van der Waals surface area contributed by atoms with Crippen molar-refractivity contribution >= 4 is 40.7 Å². The van der Waals surface area contributed by atoms with Gasteiger partial charge in [0, 0.05) is 34.4 Å². The topological polar surface area (TPSA) is 145 Å². The van der Waals surface area contributed by atoms with Crippen LogP contribution in [0.15, 0.2) is 53.5 Å². The zero-order valence-electron chi connectivity index (χ0n) is 28.7. The molecule has 1 atom stereocenters. The van der Waals surface area contributed by atoms with E-state index in [4.69, 9.17) is 14.5 Å². The van der Waals surface area contributed by atoms with Gasteiger partial charge in [0.2, 0.25) is 5.91 Å². The monoisotopic (exact) mass is 650 g/mol. The van der Waals surface area contributed by atoms with Crippen molar-refractivity contribution in [3.05, 3.63) is 70.4 Å². The molecule has 13 heteroatoms. The molecule has 2 aromatic heterocycles. The van der Waals surface area contributed by atoms with Crippen LogP contribution in [0.3, 0.4) is 0 Å². The molecule has 3 aromatic rings. The number of anilines is 1. The molecule has 3 amide bonds. The fourth-order valence-electron chi connectivity index (χ4n) is 4.60. The lowest BCUT2D eigenvalue weighted by Gasteiger charge is -2.21. The van der Waals surface area contributed by atoms with Crippen molar-refractivity contribution in [2.24, 2.45) is 5.92 Å². The maximum absolute atomic E-state index is 13.6. The fraction of sp³-hybridized carbons (Fsp3) is 0.471. The molecular formula is C34H46N6O7. The third-order valence-corrected chi connectivity index (χ3v) is 6.83. The molecule has 0 bridgehead atoms. The number of allylic oxidation sites excluding steroid dienone is 1. The SMILES string of the molecule is CC(C)Cc1cccc2c1nc(Cn1cccc(NC(=O)[C@H](CC/C=C/C(=O)N(C)C)OC(=O)N(C)C)c1=O)n2C(=O)OC(C)(C)C. The first-order chi connectivity index (χ1) is 22.0. The zero-order chi connectivity index (χ0) is 35.1. The lowest BCUT2D eigenvalue weighted by Crippen LogP contribution is -2.37. The molecular weight excluding hydrogens is 604 g/mol. The number of likely N-dealkylation sites (N-methyl/N-ethyl adjacent to an activating group) is 1. The number of nitrogens with one attached hydrogen (secondary N) is 1. The highest BCUT2D eigenvalue weighted by molar-refractivity contribution is 5.95. The Morgan fingerprint density at radius 3 is 2.34 bits per heavy atom. The number of ether oxygens (including phenoxy) is 2. The Morgan fingerprint density at radius 2 is 1.72 bits per heavy atom. The van der Waals surface area contributed by atoms with Crippen LogP contribution in [0.4, 0.5) is 15.3 Å². The van der Waals surface area contributed by atoms with E-state index in [0.717, 1.165) is 12.0 Å². The molecule has 2 heterocycles. The Balaban J connectivity index is 1.95. The summed E-state index contributed by atoms with van der Waals surface area (Å²) in [6, 6.07) is 8.65. The molecule has 0 aliphatic heterocycles. The third-order valence-electron chi connectivity index (χ3n) is 6.83. The highest BCUT2D eigenvalue weighted by Crippen LogP contribution is 2.24. The van der Waals surface area contributed by atoms with Crippen LogP contribution in [-0.4, -0.2) is 87.8 Å². The number of fused-ring (bicyclic) bond motifs is 1. The summed E-state index contributed by atoms with van der Waals surface area (Å²) in [5.41, 5.74) is 0.797. The third kappa shape index (κ3) is 10.0. The molecule has 0 aliphatic rings. The van der Waals surface area contributed by atoms with Crippen molar-refractivity contribution in [3.8, 4) is 0 Å². The lowest BCUT2D eigenvalue weighted by molar-refractivity contribution is -0.125. The largest absolute Gasteiger partial charge is 0.443 e. The van der Waals surface area contributed by atoms with Gasteiger partial charge in [-0.15, -0.1) is 0 Å². The van der Waals surface area contributed by atoms with E-state index < -0.39 is 35.4 Å². The molecule has 13 nitrogen and oxygen atoms in total. The van der Waals surface area contributed by atoms with Crippen LogP contribution in [0.2, 0.25) is 0 Å². The number of hydrogen-bond acceptors (Lipinski definition) is 8. The lowest BCUT2D eigenvalue weighted by atomic mass is 10.0. The van der Waals surface area contributed by atoms with Crippen LogP contribution in [0.25, 0.3) is 11.0 Å². The molecule has 0 saturated carbocycles. The van der Waals surface area contributed by atoms with Crippen LogP contribution < -0.4 is 10.9 Å².